The van der Waals surface area contributed by atoms with Crippen molar-refractivity contribution in [1.82, 2.24) is 4.98 Å². The molecule has 2 rings (SSSR count). The summed E-state index contributed by atoms with van der Waals surface area (Å²) >= 11 is 1.65. The van der Waals surface area contributed by atoms with Gasteiger partial charge in [-0.05, 0) is 37.5 Å². The number of hydrogen-bond acceptors (Lipinski definition) is 4. The fraction of sp³-hybridized carbons (Fsp3) is 0.357. The highest BCUT2D eigenvalue weighted by atomic mass is 32.1. The lowest BCUT2D eigenvalue weighted by atomic mass is 10.1. The van der Waals surface area contributed by atoms with Crippen LogP contribution in [0.3, 0.4) is 0 Å². The van der Waals surface area contributed by atoms with Gasteiger partial charge in [0.05, 0.1) is 12.3 Å². The number of thiazole rings is 1. The van der Waals surface area contributed by atoms with Gasteiger partial charge in [-0.2, -0.15) is 0 Å². The van der Waals surface area contributed by atoms with Gasteiger partial charge < -0.3 is 10.1 Å². The van der Waals surface area contributed by atoms with E-state index in [0.29, 0.717) is 6.61 Å². The molecule has 2 aromatic rings. The summed E-state index contributed by atoms with van der Waals surface area (Å²) in [6.45, 7) is 2.71. The van der Waals surface area contributed by atoms with Gasteiger partial charge in [-0.25, -0.2) is 4.98 Å². The molecule has 1 N–H and O–H groups in total. The molecule has 0 aliphatic heterocycles. The van der Waals surface area contributed by atoms with Crippen LogP contribution in [0.4, 0.5) is 5.13 Å². The number of nitrogens with zero attached hydrogens (tertiary/aromatic N) is 1. The predicted molar refractivity (Wildman–Crippen MR) is 76.7 cm³/mol. The number of aryl methyl sites for hydroxylation is 2. The van der Waals surface area contributed by atoms with Gasteiger partial charge in [0.25, 0.3) is 0 Å². The van der Waals surface area contributed by atoms with Crippen molar-refractivity contribution < 1.29 is 4.74 Å². The second-order valence-corrected chi connectivity index (χ2v) is 4.83. The van der Waals surface area contributed by atoms with Crippen LogP contribution in [0.5, 0.6) is 5.75 Å². The van der Waals surface area contributed by atoms with Crippen LogP contribution in [-0.2, 0) is 12.8 Å². The molecule has 0 aliphatic carbocycles. The van der Waals surface area contributed by atoms with Gasteiger partial charge in [0.1, 0.15) is 5.75 Å². The van der Waals surface area contributed by atoms with Gasteiger partial charge in [-0.15, -0.1) is 11.3 Å². The SMILES string of the molecule is CCOc1ccc(CCc2csc(NC)n2)cc1. The van der Waals surface area contributed by atoms with Gasteiger partial charge in [0.15, 0.2) is 5.13 Å². The highest BCUT2D eigenvalue weighted by molar-refractivity contribution is 7.13. The van der Waals surface area contributed by atoms with Crippen LogP contribution in [0.25, 0.3) is 0 Å². The first-order chi connectivity index (χ1) is 8.81. The van der Waals surface area contributed by atoms with E-state index in [0.717, 1.165) is 29.4 Å². The highest BCUT2D eigenvalue weighted by Crippen LogP contribution is 2.17. The van der Waals surface area contributed by atoms with Crippen molar-refractivity contribution in [1.29, 1.82) is 0 Å². The minimum Gasteiger partial charge on any atom is -0.494 e. The Kier molecular flexibility index (Phi) is 4.59. The number of rotatable bonds is 6. The Hall–Kier alpha value is -1.55. The zero-order valence-corrected chi connectivity index (χ0v) is 11.6. The van der Waals surface area contributed by atoms with Crippen molar-refractivity contribution in [2.45, 2.75) is 19.8 Å². The van der Waals surface area contributed by atoms with Crippen molar-refractivity contribution in [3.8, 4) is 5.75 Å². The Morgan fingerprint density at radius 3 is 2.61 bits per heavy atom. The molecular weight excluding hydrogens is 244 g/mol. The van der Waals surface area contributed by atoms with E-state index in [4.69, 9.17) is 4.74 Å². The van der Waals surface area contributed by atoms with Crippen LogP contribution in [-0.4, -0.2) is 18.6 Å². The molecule has 0 saturated heterocycles. The van der Waals surface area contributed by atoms with Crippen LogP contribution in [0.1, 0.15) is 18.2 Å². The van der Waals surface area contributed by atoms with Crippen molar-refractivity contribution in [2.24, 2.45) is 0 Å². The summed E-state index contributed by atoms with van der Waals surface area (Å²) in [5.74, 6) is 0.937. The van der Waals surface area contributed by atoms with Crippen LogP contribution >= 0.6 is 11.3 Å². The van der Waals surface area contributed by atoms with Gasteiger partial charge in [0, 0.05) is 12.4 Å². The number of aromatic nitrogens is 1. The second-order valence-electron chi connectivity index (χ2n) is 3.97. The Morgan fingerprint density at radius 2 is 2.00 bits per heavy atom. The summed E-state index contributed by atoms with van der Waals surface area (Å²) in [6.07, 6.45) is 1.99. The quantitative estimate of drug-likeness (QED) is 0.866. The van der Waals surface area contributed by atoms with Crippen molar-refractivity contribution in [3.63, 3.8) is 0 Å². The summed E-state index contributed by atoms with van der Waals surface area (Å²) in [5, 5.41) is 6.15. The molecule has 0 spiro atoms. The van der Waals surface area contributed by atoms with E-state index in [1.807, 2.05) is 26.1 Å². The van der Waals surface area contributed by atoms with Crippen molar-refractivity contribution in [2.75, 3.05) is 19.0 Å². The smallest absolute Gasteiger partial charge is 0.182 e. The highest BCUT2D eigenvalue weighted by Gasteiger charge is 2.01. The van der Waals surface area contributed by atoms with E-state index in [1.165, 1.54) is 5.56 Å². The molecule has 1 aromatic carbocycles. The Morgan fingerprint density at radius 1 is 1.22 bits per heavy atom. The molecule has 0 amide bonds. The minimum absolute atomic E-state index is 0.713. The zero-order chi connectivity index (χ0) is 12.8. The molecule has 0 bridgehead atoms. The lowest BCUT2D eigenvalue weighted by Gasteiger charge is -2.04. The average molecular weight is 262 g/mol. The van der Waals surface area contributed by atoms with E-state index in [1.54, 1.807) is 11.3 Å². The molecule has 0 atom stereocenters. The molecule has 0 fully saturated rings. The number of anilines is 1. The molecule has 3 nitrogen and oxygen atoms in total. The van der Waals surface area contributed by atoms with E-state index in [9.17, 15) is 0 Å². The zero-order valence-electron chi connectivity index (χ0n) is 10.8. The third kappa shape index (κ3) is 3.47. The van der Waals surface area contributed by atoms with Crippen LogP contribution in [0.2, 0.25) is 0 Å². The summed E-state index contributed by atoms with van der Waals surface area (Å²) in [4.78, 5) is 4.47. The molecule has 18 heavy (non-hydrogen) atoms. The maximum atomic E-state index is 5.42. The monoisotopic (exact) mass is 262 g/mol. The maximum absolute atomic E-state index is 5.42. The van der Waals surface area contributed by atoms with E-state index in [2.05, 4.69) is 27.8 Å². The molecule has 0 saturated carbocycles. The first-order valence-electron chi connectivity index (χ1n) is 6.15. The lowest BCUT2D eigenvalue weighted by molar-refractivity contribution is 0.340. The standard InChI is InChI=1S/C14H18N2OS/c1-3-17-13-8-5-11(6-9-13)4-7-12-10-18-14(15-2)16-12/h5-6,8-10H,3-4,7H2,1-2H3,(H,15,16). The first kappa shape index (κ1) is 12.9. The fourth-order valence-electron chi connectivity index (χ4n) is 1.73. The van der Waals surface area contributed by atoms with Gasteiger partial charge in [-0.1, -0.05) is 12.1 Å². The van der Waals surface area contributed by atoms with Crippen LogP contribution in [0, 0.1) is 0 Å². The molecule has 1 aromatic heterocycles. The Balaban J connectivity index is 1.89. The topological polar surface area (TPSA) is 34.1 Å². The van der Waals surface area contributed by atoms with Crippen molar-refractivity contribution in [3.05, 3.63) is 40.9 Å². The largest absolute Gasteiger partial charge is 0.494 e. The molecular formula is C14H18N2OS. The number of hydrogen-bond donors (Lipinski definition) is 1. The average Bonchev–Trinajstić information content (AvgIpc) is 2.86. The number of benzene rings is 1. The summed E-state index contributed by atoms with van der Waals surface area (Å²) < 4.78 is 5.42. The van der Waals surface area contributed by atoms with Gasteiger partial charge in [-0.3, -0.25) is 0 Å². The molecule has 0 aliphatic rings. The number of ether oxygens (including phenoxy) is 1. The van der Waals surface area contributed by atoms with Crippen LogP contribution in [0.15, 0.2) is 29.6 Å². The van der Waals surface area contributed by atoms with E-state index in [-0.39, 0.29) is 0 Å². The molecule has 0 unspecified atom stereocenters. The Labute approximate surface area is 112 Å². The molecule has 4 heteroatoms. The first-order valence-corrected chi connectivity index (χ1v) is 7.03. The van der Waals surface area contributed by atoms with E-state index >= 15 is 0 Å². The Bertz CT molecular complexity index is 479. The summed E-state index contributed by atoms with van der Waals surface area (Å²) in [7, 11) is 1.90. The molecule has 1 heterocycles. The lowest BCUT2D eigenvalue weighted by Crippen LogP contribution is -1.94. The number of nitrogens with one attached hydrogen (secondary N) is 1. The predicted octanol–water partition coefficient (Wildman–Crippen LogP) is 3.37. The van der Waals surface area contributed by atoms with Crippen LogP contribution < -0.4 is 10.1 Å². The summed E-state index contributed by atoms with van der Waals surface area (Å²) in [6, 6.07) is 8.30. The second kappa shape index (κ2) is 6.40. The van der Waals surface area contributed by atoms with Gasteiger partial charge >= 0.3 is 0 Å². The summed E-state index contributed by atoms with van der Waals surface area (Å²) in [5.41, 5.74) is 2.47. The third-order valence-electron chi connectivity index (χ3n) is 2.67. The maximum Gasteiger partial charge on any atom is 0.182 e. The van der Waals surface area contributed by atoms with Crippen molar-refractivity contribution >= 4 is 16.5 Å². The molecule has 96 valence electrons. The normalized spacial score (nSPS) is 10.3. The van der Waals surface area contributed by atoms with E-state index < -0.39 is 0 Å². The van der Waals surface area contributed by atoms with Gasteiger partial charge in [0.2, 0.25) is 0 Å². The minimum atomic E-state index is 0.713. The third-order valence-corrected chi connectivity index (χ3v) is 3.58. The molecule has 0 radical (unpaired) electrons. The fourth-order valence-corrected chi connectivity index (χ4v) is 2.43.